The summed E-state index contributed by atoms with van der Waals surface area (Å²) in [7, 11) is 0. The molecule has 0 aliphatic heterocycles. The Bertz CT molecular complexity index is 846. The van der Waals surface area contributed by atoms with E-state index < -0.39 is 0 Å². The molecule has 2 aliphatic carbocycles. The van der Waals surface area contributed by atoms with Crippen molar-refractivity contribution in [3.05, 3.63) is 65.7 Å². The summed E-state index contributed by atoms with van der Waals surface area (Å²) in [5.41, 5.74) is 3.15. The molecule has 0 radical (unpaired) electrons. The number of hydrogen-bond donors (Lipinski definition) is 0. The molecule has 0 nitrogen and oxygen atoms in total. The van der Waals surface area contributed by atoms with E-state index in [1.165, 1.54) is 52.8 Å². The van der Waals surface area contributed by atoms with Crippen molar-refractivity contribution in [2.45, 2.75) is 25.7 Å². The monoisotopic (exact) mass is 284 g/mol. The van der Waals surface area contributed by atoms with Crippen LogP contribution in [0.5, 0.6) is 0 Å². The lowest BCUT2D eigenvalue weighted by Crippen LogP contribution is -1.98. The van der Waals surface area contributed by atoms with Crippen molar-refractivity contribution < 1.29 is 0 Å². The fraction of sp³-hybridized carbons (Fsp3) is 0.273. The van der Waals surface area contributed by atoms with Crippen LogP contribution in [0.25, 0.3) is 27.6 Å². The minimum Gasteiger partial charge on any atom is -0.0662 e. The molecule has 2 bridgehead atoms. The normalized spacial score (nSPS) is 25.5. The van der Waals surface area contributed by atoms with Crippen molar-refractivity contribution in [2.24, 2.45) is 11.8 Å². The van der Waals surface area contributed by atoms with E-state index in [1.807, 2.05) is 0 Å². The Kier molecular flexibility index (Phi) is 2.67. The van der Waals surface area contributed by atoms with Crippen molar-refractivity contribution in [2.75, 3.05) is 0 Å². The number of rotatable bonds is 1. The zero-order valence-corrected chi connectivity index (χ0v) is 12.8. The van der Waals surface area contributed by atoms with E-state index in [0.29, 0.717) is 0 Å². The molecule has 0 spiro atoms. The first kappa shape index (κ1) is 12.5. The highest BCUT2D eigenvalue weighted by atomic mass is 14.4. The Morgan fingerprint density at radius 3 is 2.09 bits per heavy atom. The first-order valence-corrected chi connectivity index (χ1v) is 8.49. The van der Waals surface area contributed by atoms with Gasteiger partial charge in [0.1, 0.15) is 0 Å². The Morgan fingerprint density at radius 2 is 1.50 bits per heavy atom. The Labute approximate surface area is 131 Å². The number of fused-ring (bicyclic) bond motifs is 4. The number of benzene rings is 3. The third kappa shape index (κ3) is 1.83. The van der Waals surface area contributed by atoms with Gasteiger partial charge in [0.2, 0.25) is 0 Å². The Morgan fingerprint density at radius 1 is 0.818 bits per heavy atom. The smallest absolute Gasteiger partial charge is 0.00997 e. The van der Waals surface area contributed by atoms with Crippen LogP contribution < -0.4 is 0 Å². The Balaban J connectivity index is 1.81. The van der Waals surface area contributed by atoms with Crippen molar-refractivity contribution in [1.82, 2.24) is 0 Å². The molecule has 0 amide bonds. The third-order valence-electron chi connectivity index (χ3n) is 5.73. The zero-order valence-electron chi connectivity index (χ0n) is 12.8. The van der Waals surface area contributed by atoms with E-state index in [1.54, 1.807) is 5.57 Å². The summed E-state index contributed by atoms with van der Waals surface area (Å²) in [6.45, 7) is 0. The molecule has 2 fully saturated rings. The van der Waals surface area contributed by atoms with Crippen LogP contribution in [0.15, 0.2) is 60.2 Å². The van der Waals surface area contributed by atoms with Gasteiger partial charge in [0.15, 0.2) is 0 Å². The average molecular weight is 284 g/mol. The zero-order chi connectivity index (χ0) is 14.5. The number of allylic oxidation sites excluding steroid dienone is 1. The third-order valence-corrected chi connectivity index (χ3v) is 5.73. The maximum Gasteiger partial charge on any atom is -0.00997 e. The highest BCUT2D eigenvalue weighted by molar-refractivity contribution is 6.06. The van der Waals surface area contributed by atoms with Gasteiger partial charge < -0.3 is 0 Å². The van der Waals surface area contributed by atoms with Crippen LogP contribution in [0.2, 0.25) is 0 Å². The van der Waals surface area contributed by atoms with Gasteiger partial charge in [-0.15, -0.1) is 0 Å². The minimum absolute atomic E-state index is 0.864. The van der Waals surface area contributed by atoms with E-state index in [4.69, 9.17) is 0 Å². The molecule has 0 heterocycles. The van der Waals surface area contributed by atoms with Gasteiger partial charge in [-0.1, -0.05) is 60.2 Å². The van der Waals surface area contributed by atoms with Gasteiger partial charge in [-0.3, -0.25) is 0 Å². The summed E-state index contributed by atoms with van der Waals surface area (Å²) in [6, 6.07) is 20.0. The first-order chi connectivity index (χ1) is 10.9. The summed E-state index contributed by atoms with van der Waals surface area (Å²) >= 11 is 0. The first-order valence-electron chi connectivity index (χ1n) is 8.49. The predicted molar refractivity (Wildman–Crippen MR) is 94.9 cm³/mol. The summed E-state index contributed by atoms with van der Waals surface area (Å²) in [4.78, 5) is 0. The van der Waals surface area contributed by atoms with Crippen molar-refractivity contribution in [1.29, 1.82) is 0 Å². The molecule has 5 rings (SSSR count). The summed E-state index contributed by atoms with van der Waals surface area (Å²) < 4.78 is 0. The van der Waals surface area contributed by atoms with Crippen LogP contribution in [0, 0.1) is 11.8 Å². The summed E-state index contributed by atoms with van der Waals surface area (Å²) in [5, 5.41) is 5.51. The van der Waals surface area contributed by atoms with Crippen LogP contribution in [-0.4, -0.2) is 0 Å². The lowest BCUT2D eigenvalue weighted by Gasteiger charge is -2.15. The largest absolute Gasteiger partial charge is 0.0662 e. The second-order valence-electron chi connectivity index (χ2n) is 7.03. The van der Waals surface area contributed by atoms with E-state index in [0.717, 1.165) is 11.8 Å². The van der Waals surface area contributed by atoms with Crippen LogP contribution >= 0.6 is 0 Å². The lowest BCUT2D eigenvalue weighted by molar-refractivity contribution is 0.563. The minimum atomic E-state index is 0.864. The molecule has 0 unspecified atom stereocenters. The standard InChI is InChI=1S/C22H20/c1-3-7-20-17(5-1)13-18-6-2-4-8-21(18)22(20)14-19-12-15-9-10-16(19)11-15/h1-8,13-16H,9-12H2/b19-14+/t15-,16+/m1/s1. The average Bonchev–Trinajstić information content (AvgIpc) is 3.17. The quantitative estimate of drug-likeness (QED) is 0.467. The van der Waals surface area contributed by atoms with Crippen molar-refractivity contribution in [3.63, 3.8) is 0 Å². The topological polar surface area (TPSA) is 0 Å². The van der Waals surface area contributed by atoms with E-state index in [9.17, 15) is 0 Å². The van der Waals surface area contributed by atoms with E-state index in [2.05, 4.69) is 60.7 Å². The SMILES string of the molecule is C(=C1/C[C@@H]2CC[C@H]1C2)/c1c2ccccc2cc2ccccc12. The second-order valence-corrected chi connectivity index (χ2v) is 7.03. The van der Waals surface area contributed by atoms with Gasteiger partial charge in [0.25, 0.3) is 0 Å². The van der Waals surface area contributed by atoms with Gasteiger partial charge in [-0.2, -0.15) is 0 Å². The van der Waals surface area contributed by atoms with Crippen LogP contribution in [0.1, 0.15) is 31.2 Å². The second kappa shape index (κ2) is 4.71. The fourth-order valence-electron chi connectivity index (χ4n) is 4.66. The van der Waals surface area contributed by atoms with Crippen molar-refractivity contribution in [3.8, 4) is 0 Å². The van der Waals surface area contributed by atoms with Crippen LogP contribution in [0.3, 0.4) is 0 Å². The van der Waals surface area contributed by atoms with Gasteiger partial charge in [0, 0.05) is 0 Å². The molecule has 3 aromatic carbocycles. The number of hydrogen-bond acceptors (Lipinski definition) is 0. The van der Waals surface area contributed by atoms with Gasteiger partial charge in [-0.25, -0.2) is 0 Å². The van der Waals surface area contributed by atoms with Gasteiger partial charge in [-0.05, 0) is 70.7 Å². The molecule has 0 N–H and O–H groups in total. The van der Waals surface area contributed by atoms with Gasteiger partial charge in [0.05, 0.1) is 0 Å². The van der Waals surface area contributed by atoms with Crippen LogP contribution in [0.4, 0.5) is 0 Å². The molecular weight excluding hydrogens is 264 g/mol. The molecule has 108 valence electrons. The lowest BCUT2D eigenvalue weighted by atomic mass is 9.90. The van der Waals surface area contributed by atoms with E-state index in [-0.39, 0.29) is 0 Å². The van der Waals surface area contributed by atoms with E-state index >= 15 is 0 Å². The molecular formula is C22H20. The maximum atomic E-state index is 2.54. The maximum absolute atomic E-state index is 2.54. The molecule has 0 aromatic heterocycles. The van der Waals surface area contributed by atoms with Gasteiger partial charge >= 0.3 is 0 Å². The summed E-state index contributed by atoms with van der Waals surface area (Å²) in [5.74, 6) is 1.83. The molecule has 0 heteroatoms. The molecule has 3 aromatic rings. The predicted octanol–water partition coefficient (Wildman–Crippen LogP) is 6.20. The summed E-state index contributed by atoms with van der Waals surface area (Å²) in [6.07, 6.45) is 8.18. The Hall–Kier alpha value is -2.08. The molecule has 2 atom stereocenters. The molecule has 2 saturated carbocycles. The molecule has 2 aliphatic rings. The molecule has 0 saturated heterocycles. The fourth-order valence-corrected chi connectivity index (χ4v) is 4.66. The van der Waals surface area contributed by atoms with Crippen LogP contribution in [-0.2, 0) is 0 Å². The highest BCUT2D eigenvalue weighted by Gasteiger charge is 2.35. The van der Waals surface area contributed by atoms with Crippen molar-refractivity contribution >= 4 is 27.6 Å². The molecule has 22 heavy (non-hydrogen) atoms. The highest BCUT2D eigenvalue weighted by Crippen LogP contribution is 2.49.